The molecule has 1 atom stereocenters. The molecule has 0 spiro atoms. The summed E-state index contributed by atoms with van der Waals surface area (Å²) < 4.78 is 0. The van der Waals surface area contributed by atoms with Crippen molar-refractivity contribution in [3.63, 3.8) is 0 Å². The Balaban J connectivity index is 1.76. The van der Waals surface area contributed by atoms with Crippen LogP contribution in [0.2, 0.25) is 0 Å². The van der Waals surface area contributed by atoms with Crippen molar-refractivity contribution in [3.8, 4) is 0 Å². The second-order valence-corrected chi connectivity index (χ2v) is 5.78. The highest BCUT2D eigenvalue weighted by molar-refractivity contribution is 6.03. The fraction of sp³-hybridized carbons (Fsp3) is 0.438. The molecule has 0 aromatic heterocycles. The van der Waals surface area contributed by atoms with Gasteiger partial charge in [-0.3, -0.25) is 19.7 Å². The predicted octanol–water partition coefficient (Wildman–Crippen LogP) is 1.44. The minimum absolute atomic E-state index is 0.174. The number of nitrogens with zero attached hydrogens (tertiary/aromatic N) is 1. The number of carbonyl (C=O) groups excluding carboxylic acids is 3. The molecular weight excluding hydrogens is 268 g/mol. The molecule has 2 aliphatic rings. The quantitative estimate of drug-likeness (QED) is 0.855. The zero-order valence-electron chi connectivity index (χ0n) is 12.0. The van der Waals surface area contributed by atoms with Crippen LogP contribution in [0.4, 0.5) is 0 Å². The van der Waals surface area contributed by atoms with Gasteiger partial charge in [0.05, 0.1) is 0 Å². The SMILES string of the molecule is CN(C(=O)c1cccc(C2CC2)c1)C1CCC(=O)NC1=O. The van der Waals surface area contributed by atoms with E-state index in [1.807, 2.05) is 18.2 Å². The number of benzene rings is 1. The van der Waals surface area contributed by atoms with Crippen LogP contribution in [0, 0.1) is 0 Å². The van der Waals surface area contributed by atoms with Gasteiger partial charge in [-0.05, 0) is 42.9 Å². The smallest absolute Gasteiger partial charge is 0.254 e. The molecule has 3 amide bonds. The highest BCUT2D eigenvalue weighted by atomic mass is 16.2. The van der Waals surface area contributed by atoms with Gasteiger partial charge in [0.15, 0.2) is 0 Å². The molecule has 1 heterocycles. The van der Waals surface area contributed by atoms with Crippen molar-refractivity contribution in [2.75, 3.05) is 7.05 Å². The number of nitrogens with one attached hydrogen (secondary N) is 1. The first-order chi connectivity index (χ1) is 10.1. The van der Waals surface area contributed by atoms with E-state index in [0.29, 0.717) is 17.9 Å². The van der Waals surface area contributed by atoms with Crippen molar-refractivity contribution < 1.29 is 14.4 Å². The molecule has 1 aliphatic carbocycles. The van der Waals surface area contributed by atoms with Crippen LogP contribution in [-0.4, -0.2) is 35.7 Å². The van der Waals surface area contributed by atoms with E-state index in [2.05, 4.69) is 5.32 Å². The molecule has 0 bridgehead atoms. The first kappa shape index (κ1) is 13.8. The summed E-state index contributed by atoms with van der Waals surface area (Å²) >= 11 is 0. The summed E-state index contributed by atoms with van der Waals surface area (Å²) in [6, 6.07) is 7.05. The third-order valence-corrected chi connectivity index (χ3v) is 4.18. The Hall–Kier alpha value is -2.17. The predicted molar refractivity (Wildman–Crippen MR) is 76.7 cm³/mol. The van der Waals surface area contributed by atoms with Crippen molar-refractivity contribution in [1.82, 2.24) is 10.2 Å². The van der Waals surface area contributed by atoms with Crippen molar-refractivity contribution in [2.45, 2.75) is 37.6 Å². The summed E-state index contributed by atoms with van der Waals surface area (Å²) in [6.07, 6.45) is 3.02. The van der Waals surface area contributed by atoms with Crippen LogP contribution in [0.15, 0.2) is 24.3 Å². The average Bonchev–Trinajstić information content (AvgIpc) is 3.31. The van der Waals surface area contributed by atoms with Crippen LogP contribution in [0.5, 0.6) is 0 Å². The number of amides is 3. The van der Waals surface area contributed by atoms with Crippen molar-refractivity contribution in [1.29, 1.82) is 0 Å². The molecule has 1 N–H and O–H groups in total. The molecule has 1 unspecified atom stereocenters. The number of likely N-dealkylation sites (N-methyl/N-ethyl adjacent to an activating group) is 1. The summed E-state index contributed by atoms with van der Waals surface area (Å²) in [5.41, 5.74) is 1.80. The Labute approximate surface area is 123 Å². The van der Waals surface area contributed by atoms with Gasteiger partial charge in [-0.1, -0.05) is 12.1 Å². The minimum Gasteiger partial charge on any atom is -0.330 e. The maximum Gasteiger partial charge on any atom is 0.254 e. The van der Waals surface area contributed by atoms with E-state index in [0.717, 1.165) is 0 Å². The molecule has 0 radical (unpaired) electrons. The topological polar surface area (TPSA) is 66.5 Å². The molecule has 3 rings (SSSR count). The summed E-state index contributed by atoms with van der Waals surface area (Å²) in [5.74, 6) is -0.251. The lowest BCUT2D eigenvalue weighted by atomic mass is 10.0. The zero-order valence-corrected chi connectivity index (χ0v) is 12.0. The van der Waals surface area contributed by atoms with Gasteiger partial charge in [-0.25, -0.2) is 0 Å². The van der Waals surface area contributed by atoms with E-state index in [9.17, 15) is 14.4 Å². The normalized spacial score (nSPS) is 21.9. The van der Waals surface area contributed by atoms with Gasteiger partial charge in [0.25, 0.3) is 5.91 Å². The monoisotopic (exact) mass is 286 g/mol. The van der Waals surface area contributed by atoms with E-state index in [4.69, 9.17) is 0 Å². The van der Waals surface area contributed by atoms with E-state index < -0.39 is 6.04 Å². The van der Waals surface area contributed by atoms with E-state index in [-0.39, 0.29) is 24.1 Å². The van der Waals surface area contributed by atoms with Crippen LogP contribution >= 0.6 is 0 Å². The van der Waals surface area contributed by atoms with E-state index in [1.165, 1.54) is 23.3 Å². The number of carbonyl (C=O) groups is 3. The van der Waals surface area contributed by atoms with Crippen molar-refractivity contribution in [3.05, 3.63) is 35.4 Å². The molecule has 2 fully saturated rings. The molecule has 5 heteroatoms. The Morgan fingerprint density at radius 2 is 2.00 bits per heavy atom. The van der Waals surface area contributed by atoms with Gasteiger partial charge < -0.3 is 4.90 Å². The van der Waals surface area contributed by atoms with Gasteiger partial charge in [0, 0.05) is 19.0 Å². The minimum atomic E-state index is -0.570. The molecule has 1 saturated heterocycles. The van der Waals surface area contributed by atoms with Gasteiger partial charge >= 0.3 is 0 Å². The van der Waals surface area contributed by atoms with Gasteiger partial charge in [-0.2, -0.15) is 0 Å². The van der Waals surface area contributed by atoms with Gasteiger partial charge in [0.2, 0.25) is 11.8 Å². The Morgan fingerprint density at radius 3 is 2.67 bits per heavy atom. The summed E-state index contributed by atoms with van der Waals surface area (Å²) in [7, 11) is 1.62. The Kier molecular flexibility index (Phi) is 3.49. The summed E-state index contributed by atoms with van der Waals surface area (Å²) in [6.45, 7) is 0. The number of rotatable bonds is 3. The first-order valence-corrected chi connectivity index (χ1v) is 7.27. The zero-order chi connectivity index (χ0) is 15.0. The highest BCUT2D eigenvalue weighted by Gasteiger charge is 2.33. The van der Waals surface area contributed by atoms with Crippen molar-refractivity contribution >= 4 is 17.7 Å². The molecule has 5 nitrogen and oxygen atoms in total. The first-order valence-electron chi connectivity index (χ1n) is 7.27. The van der Waals surface area contributed by atoms with Gasteiger partial charge in [0.1, 0.15) is 6.04 Å². The lowest BCUT2D eigenvalue weighted by Crippen LogP contribution is -2.52. The van der Waals surface area contributed by atoms with Crippen LogP contribution in [0.3, 0.4) is 0 Å². The van der Waals surface area contributed by atoms with E-state index >= 15 is 0 Å². The Morgan fingerprint density at radius 1 is 1.24 bits per heavy atom. The van der Waals surface area contributed by atoms with E-state index in [1.54, 1.807) is 13.1 Å². The molecular formula is C16H18N2O3. The van der Waals surface area contributed by atoms with Crippen LogP contribution in [-0.2, 0) is 9.59 Å². The fourth-order valence-corrected chi connectivity index (χ4v) is 2.74. The Bertz CT molecular complexity index is 607. The second kappa shape index (κ2) is 5.31. The molecule has 1 aromatic rings. The molecule has 1 aromatic carbocycles. The third-order valence-electron chi connectivity index (χ3n) is 4.18. The maximum atomic E-state index is 12.5. The molecule has 1 aliphatic heterocycles. The summed E-state index contributed by atoms with van der Waals surface area (Å²) in [5, 5.41) is 2.28. The molecule has 21 heavy (non-hydrogen) atoms. The maximum absolute atomic E-state index is 12.5. The number of hydrogen-bond donors (Lipinski definition) is 1. The second-order valence-electron chi connectivity index (χ2n) is 5.78. The number of hydrogen-bond acceptors (Lipinski definition) is 3. The third kappa shape index (κ3) is 2.82. The van der Waals surface area contributed by atoms with Gasteiger partial charge in [-0.15, -0.1) is 0 Å². The number of piperidine rings is 1. The highest BCUT2D eigenvalue weighted by Crippen LogP contribution is 2.40. The number of imide groups is 1. The van der Waals surface area contributed by atoms with Crippen LogP contribution in [0.25, 0.3) is 0 Å². The lowest BCUT2D eigenvalue weighted by molar-refractivity contribution is -0.136. The largest absolute Gasteiger partial charge is 0.330 e. The van der Waals surface area contributed by atoms with Crippen molar-refractivity contribution in [2.24, 2.45) is 0 Å². The van der Waals surface area contributed by atoms with Crippen LogP contribution < -0.4 is 5.32 Å². The molecule has 110 valence electrons. The average molecular weight is 286 g/mol. The molecule has 1 saturated carbocycles. The lowest BCUT2D eigenvalue weighted by Gasteiger charge is -2.29. The summed E-state index contributed by atoms with van der Waals surface area (Å²) in [4.78, 5) is 37.0. The van der Waals surface area contributed by atoms with Crippen LogP contribution in [0.1, 0.15) is 47.5 Å². The standard InChI is InChI=1S/C16H18N2O3/c1-18(13-7-8-14(19)17-15(13)20)16(21)12-4-2-3-11(9-12)10-5-6-10/h2-4,9-10,13H,5-8H2,1H3,(H,17,19,20). The fourth-order valence-electron chi connectivity index (χ4n) is 2.74.